The van der Waals surface area contributed by atoms with Crippen LogP contribution in [0.5, 0.6) is 5.75 Å². The molecule has 1 fully saturated rings. The van der Waals surface area contributed by atoms with Crippen molar-refractivity contribution in [3.8, 4) is 5.75 Å². The van der Waals surface area contributed by atoms with Gasteiger partial charge in [-0.15, -0.1) is 0 Å². The van der Waals surface area contributed by atoms with E-state index in [2.05, 4.69) is 46.9 Å². The molecule has 0 aliphatic carbocycles. The Morgan fingerprint density at radius 3 is 2.57 bits per heavy atom. The van der Waals surface area contributed by atoms with Crippen LogP contribution in [0.4, 0.5) is 4.39 Å². The van der Waals surface area contributed by atoms with E-state index in [4.69, 9.17) is 9.47 Å². The molecule has 0 radical (unpaired) electrons. The molecule has 42 heavy (non-hydrogen) atoms. The third-order valence-corrected chi connectivity index (χ3v) is 9.10. The number of allylic oxidation sites excluding steroid dienone is 3. The van der Waals surface area contributed by atoms with Crippen LogP contribution in [0.1, 0.15) is 57.7 Å². The van der Waals surface area contributed by atoms with Crippen molar-refractivity contribution in [1.29, 1.82) is 0 Å². The number of hydrogen-bond acceptors (Lipinski definition) is 5. The molecule has 0 atom stereocenters. The van der Waals surface area contributed by atoms with Gasteiger partial charge < -0.3 is 24.0 Å². The number of methoxy groups -OCH3 is 1. The molecule has 3 heterocycles. The Hall–Kier alpha value is -2.94. The van der Waals surface area contributed by atoms with Crippen LogP contribution in [-0.2, 0) is 28.0 Å². The molecule has 2 aliphatic heterocycles. The van der Waals surface area contributed by atoms with Crippen molar-refractivity contribution in [2.75, 3.05) is 53.1 Å². The van der Waals surface area contributed by atoms with Gasteiger partial charge >= 0.3 is 0 Å². The minimum Gasteiger partial charge on any atom is -0.497 e. The Morgan fingerprint density at radius 1 is 1.21 bits per heavy atom. The minimum atomic E-state index is -0.416. The van der Waals surface area contributed by atoms with Gasteiger partial charge in [-0.1, -0.05) is 38.7 Å². The Bertz CT molecular complexity index is 1300. The Labute approximate surface area is 250 Å². The fourth-order valence-corrected chi connectivity index (χ4v) is 6.87. The van der Waals surface area contributed by atoms with Crippen molar-refractivity contribution in [1.82, 2.24) is 14.4 Å². The van der Waals surface area contributed by atoms with E-state index in [9.17, 15) is 14.3 Å². The number of aliphatic hydroxyl groups is 1. The van der Waals surface area contributed by atoms with E-state index < -0.39 is 5.83 Å². The van der Waals surface area contributed by atoms with Crippen molar-refractivity contribution in [2.24, 2.45) is 5.92 Å². The first-order chi connectivity index (χ1) is 20.3. The maximum Gasteiger partial charge on any atom is 0.225 e. The van der Waals surface area contributed by atoms with Gasteiger partial charge in [0.2, 0.25) is 5.91 Å². The number of carbonyl (C=O) groups excluding carboxylic acids is 1. The number of piperidine rings is 1. The number of ether oxygens (including phenoxy) is 2. The van der Waals surface area contributed by atoms with Crippen LogP contribution in [0.25, 0.3) is 10.9 Å². The minimum absolute atomic E-state index is 0.0180. The van der Waals surface area contributed by atoms with Gasteiger partial charge in [-0.25, -0.2) is 4.39 Å². The summed E-state index contributed by atoms with van der Waals surface area (Å²) in [5.41, 5.74) is 4.01. The average Bonchev–Trinajstić information content (AvgIpc) is 3.31. The van der Waals surface area contributed by atoms with Gasteiger partial charge in [0.15, 0.2) is 0 Å². The van der Waals surface area contributed by atoms with Crippen molar-refractivity contribution in [3.05, 3.63) is 65.7 Å². The first kappa shape index (κ1) is 32.0. The third-order valence-electron chi connectivity index (χ3n) is 9.10. The number of fused-ring (bicyclic) bond motifs is 4. The number of likely N-dealkylation sites (tertiary alicyclic amines) is 1. The smallest absolute Gasteiger partial charge is 0.225 e. The van der Waals surface area contributed by atoms with Gasteiger partial charge in [0.25, 0.3) is 0 Å². The lowest BCUT2D eigenvalue weighted by Crippen LogP contribution is -2.54. The Kier molecular flexibility index (Phi) is 11.0. The number of benzene rings is 1. The molecule has 1 aromatic heterocycles. The lowest BCUT2D eigenvalue weighted by atomic mass is 9.69. The topological polar surface area (TPSA) is 67.2 Å². The highest BCUT2D eigenvalue weighted by Crippen LogP contribution is 2.47. The van der Waals surface area contributed by atoms with Gasteiger partial charge in [0, 0.05) is 73.3 Å². The van der Waals surface area contributed by atoms with Crippen molar-refractivity contribution >= 4 is 16.8 Å². The zero-order valence-corrected chi connectivity index (χ0v) is 25.8. The van der Waals surface area contributed by atoms with Crippen LogP contribution in [0.15, 0.2) is 54.4 Å². The van der Waals surface area contributed by atoms with E-state index >= 15 is 0 Å². The second kappa shape index (κ2) is 14.5. The lowest BCUT2D eigenvalue weighted by molar-refractivity contribution is -0.137. The summed E-state index contributed by atoms with van der Waals surface area (Å²) in [5, 5.41) is 10.4. The molecule has 230 valence electrons. The summed E-state index contributed by atoms with van der Waals surface area (Å²) < 4.78 is 28.2. The Morgan fingerprint density at radius 2 is 1.95 bits per heavy atom. The molecule has 0 bridgehead atoms. The normalized spacial score (nSPS) is 17.5. The molecule has 2 aliphatic rings. The van der Waals surface area contributed by atoms with E-state index in [0.29, 0.717) is 51.5 Å². The molecular weight excluding hydrogens is 533 g/mol. The van der Waals surface area contributed by atoms with E-state index in [-0.39, 0.29) is 23.8 Å². The fraction of sp³-hybridized carbons (Fsp3) is 0.559. The second-order valence-corrected chi connectivity index (χ2v) is 11.6. The monoisotopic (exact) mass is 581 g/mol. The third kappa shape index (κ3) is 6.66. The van der Waals surface area contributed by atoms with Crippen molar-refractivity contribution < 1.29 is 23.8 Å². The molecule has 1 spiro atoms. The number of halogens is 1. The number of nitrogens with zero attached hydrogens (tertiary/aromatic N) is 3. The molecule has 7 nitrogen and oxygen atoms in total. The second-order valence-electron chi connectivity index (χ2n) is 11.6. The molecule has 2 aromatic rings. The summed E-state index contributed by atoms with van der Waals surface area (Å²) in [7, 11) is 1.68. The molecule has 1 aromatic carbocycles. The maximum absolute atomic E-state index is 14.6. The first-order valence-corrected chi connectivity index (χ1v) is 15.4. The van der Waals surface area contributed by atoms with Gasteiger partial charge in [-0.3, -0.25) is 9.69 Å². The standard InChI is InChI=1S/C34H48FN3O4/c1-6-9-10-27(25(4)35)22-36-23-31-32(34(24-36)13-15-37(16-14-34)33(40)26(7-2)8-3)29-12-11-28(41-5)21-30(29)38(31)17-19-42-20-18-39/h6,9-12,21,26,39H,4,7-8,13-20,22-24H2,1-3,5H3/b9-6-,27-10-. The van der Waals surface area contributed by atoms with Gasteiger partial charge in [0.1, 0.15) is 11.6 Å². The molecule has 1 amide bonds. The number of rotatable bonds is 13. The van der Waals surface area contributed by atoms with Gasteiger partial charge in [-0.2, -0.15) is 0 Å². The van der Waals surface area contributed by atoms with Crippen molar-refractivity contribution in [2.45, 2.75) is 65.0 Å². The largest absolute Gasteiger partial charge is 0.497 e. The molecule has 0 unspecified atom stereocenters. The first-order valence-electron chi connectivity index (χ1n) is 15.4. The summed E-state index contributed by atoms with van der Waals surface area (Å²) in [6, 6.07) is 6.27. The highest BCUT2D eigenvalue weighted by Gasteiger charge is 2.46. The summed E-state index contributed by atoms with van der Waals surface area (Å²) in [5.74, 6) is 0.708. The predicted molar refractivity (Wildman–Crippen MR) is 166 cm³/mol. The molecular formula is C34H48FN3O4. The molecule has 8 heteroatoms. The van der Waals surface area contributed by atoms with Crippen LogP contribution in [0, 0.1) is 5.92 Å². The molecule has 0 saturated carbocycles. The lowest BCUT2D eigenvalue weighted by Gasteiger charge is -2.48. The maximum atomic E-state index is 14.6. The number of amides is 1. The van der Waals surface area contributed by atoms with Gasteiger partial charge in [-0.05, 0) is 50.3 Å². The summed E-state index contributed by atoms with van der Waals surface area (Å²) in [6.45, 7) is 14.4. The van der Waals surface area contributed by atoms with Crippen molar-refractivity contribution in [3.63, 3.8) is 0 Å². The molecule has 4 rings (SSSR count). The summed E-state index contributed by atoms with van der Waals surface area (Å²) >= 11 is 0. The highest BCUT2D eigenvalue weighted by atomic mass is 19.1. The predicted octanol–water partition coefficient (Wildman–Crippen LogP) is 5.76. The Balaban J connectivity index is 1.79. The van der Waals surface area contributed by atoms with Crippen LogP contribution in [-0.4, -0.2) is 78.5 Å². The van der Waals surface area contributed by atoms with E-state index in [1.54, 1.807) is 7.11 Å². The molecule has 1 N–H and O–H groups in total. The molecule has 1 saturated heterocycles. The zero-order chi connectivity index (χ0) is 30.3. The number of hydrogen-bond donors (Lipinski definition) is 1. The van der Waals surface area contributed by atoms with Crippen LogP contribution in [0.2, 0.25) is 0 Å². The van der Waals surface area contributed by atoms with Gasteiger partial charge in [0.05, 0.1) is 32.4 Å². The van der Waals surface area contributed by atoms with Crippen LogP contribution >= 0.6 is 0 Å². The zero-order valence-electron chi connectivity index (χ0n) is 25.8. The number of aromatic nitrogens is 1. The van der Waals surface area contributed by atoms with E-state index in [1.807, 2.05) is 31.2 Å². The fourth-order valence-electron chi connectivity index (χ4n) is 6.87. The quantitative estimate of drug-likeness (QED) is 0.241. The SMILES string of the molecule is C=C(F)/C(=C\C=C/C)CN1Cc2c(c3ccc(OC)cc3n2CCOCCO)C2(CCN(C(=O)C(CC)CC)CC2)C1. The van der Waals surface area contributed by atoms with Crippen LogP contribution in [0.3, 0.4) is 0 Å². The van der Waals surface area contributed by atoms with E-state index in [1.165, 1.54) is 16.6 Å². The summed E-state index contributed by atoms with van der Waals surface area (Å²) in [6.07, 6.45) is 8.97. The highest BCUT2D eigenvalue weighted by molar-refractivity contribution is 5.88. The summed E-state index contributed by atoms with van der Waals surface area (Å²) in [4.78, 5) is 17.7. The van der Waals surface area contributed by atoms with Crippen LogP contribution < -0.4 is 4.74 Å². The average molecular weight is 582 g/mol. The van der Waals surface area contributed by atoms with E-state index in [0.717, 1.165) is 43.5 Å². The number of carbonyl (C=O) groups is 1. The number of aliphatic hydroxyl groups excluding tert-OH is 1.